The van der Waals surface area contributed by atoms with E-state index in [1.165, 1.54) is 25.7 Å². The molecule has 1 N–H and O–H groups in total. The zero-order valence-electron chi connectivity index (χ0n) is 12.7. The van der Waals surface area contributed by atoms with Crippen LogP contribution < -0.4 is 5.32 Å². The molecule has 1 heterocycles. The van der Waals surface area contributed by atoms with Crippen molar-refractivity contribution in [2.24, 2.45) is 5.92 Å². The molecule has 0 aromatic carbocycles. The third-order valence-electron chi connectivity index (χ3n) is 4.74. The molecular weight excluding hydrogens is 238 g/mol. The van der Waals surface area contributed by atoms with Crippen molar-refractivity contribution in [2.75, 3.05) is 33.2 Å². The van der Waals surface area contributed by atoms with Crippen LogP contribution in [0.5, 0.6) is 0 Å². The maximum absolute atomic E-state index is 12.4. The predicted molar refractivity (Wildman–Crippen MR) is 78.1 cm³/mol. The van der Waals surface area contributed by atoms with E-state index < -0.39 is 0 Å². The highest BCUT2D eigenvalue weighted by Gasteiger charge is 2.26. The number of rotatable bonds is 3. The lowest BCUT2D eigenvalue weighted by atomic mass is 9.87. The molecule has 1 aliphatic carbocycles. The molecule has 0 spiro atoms. The van der Waals surface area contributed by atoms with Crippen LogP contribution in [0, 0.1) is 5.92 Å². The fourth-order valence-electron chi connectivity index (χ4n) is 3.29. The van der Waals surface area contributed by atoms with Crippen molar-refractivity contribution in [3.8, 4) is 0 Å². The summed E-state index contributed by atoms with van der Waals surface area (Å²) >= 11 is 0. The molecule has 4 nitrogen and oxygen atoms in total. The van der Waals surface area contributed by atoms with E-state index in [1.54, 1.807) is 0 Å². The first-order valence-electron chi connectivity index (χ1n) is 7.77. The summed E-state index contributed by atoms with van der Waals surface area (Å²) in [7, 11) is 1.99. The lowest BCUT2D eigenvalue weighted by Gasteiger charge is -2.36. The number of hydrogen-bond donors (Lipinski definition) is 1. The molecule has 0 bridgehead atoms. The van der Waals surface area contributed by atoms with Crippen molar-refractivity contribution in [3.05, 3.63) is 0 Å². The van der Waals surface area contributed by atoms with Crippen molar-refractivity contribution in [1.82, 2.24) is 15.1 Å². The zero-order valence-corrected chi connectivity index (χ0v) is 12.7. The molecule has 19 heavy (non-hydrogen) atoms. The van der Waals surface area contributed by atoms with Crippen LogP contribution in [-0.2, 0) is 4.79 Å². The Morgan fingerprint density at radius 1 is 1.26 bits per heavy atom. The largest absolute Gasteiger partial charge is 0.342 e. The maximum Gasteiger partial charge on any atom is 0.236 e. The second-order valence-corrected chi connectivity index (χ2v) is 6.51. The van der Waals surface area contributed by atoms with E-state index in [9.17, 15) is 4.79 Å². The smallest absolute Gasteiger partial charge is 0.236 e. The number of amides is 1. The van der Waals surface area contributed by atoms with E-state index in [0.717, 1.165) is 25.6 Å². The quantitative estimate of drug-likeness (QED) is 0.837. The average molecular weight is 267 g/mol. The number of piperazine rings is 1. The highest BCUT2D eigenvalue weighted by molar-refractivity contribution is 5.78. The van der Waals surface area contributed by atoms with Gasteiger partial charge in [0.25, 0.3) is 0 Å². The van der Waals surface area contributed by atoms with E-state index >= 15 is 0 Å². The van der Waals surface area contributed by atoms with Gasteiger partial charge in [0.05, 0.1) is 6.54 Å². The molecule has 0 aromatic rings. The summed E-state index contributed by atoms with van der Waals surface area (Å²) in [5.41, 5.74) is 0. The minimum absolute atomic E-state index is 0.300. The standard InChI is InChI=1S/C15H29N3O/c1-12-4-6-14(7-5-12)17(3)15(19)11-18-9-8-16-13(2)10-18/h12-14,16H,4-11H2,1-3H3. The average Bonchev–Trinajstić information content (AvgIpc) is 2.39. The summed E-state index contributed by atoms with van der Waals surface area (Å²) in [4.78, 5) is 16.7. The van der Waals surface area contributed by atoms with Gasteiger partial charge >= 0.3 is 0 Å². The summed E-state index contributed by atoms with van der Waals surface area (Å²) in [6, 6.07) is 0.978. The van der Waals surface area contributed by atoms with Crippen molar-refractivity contribution in [2.45, 2.75) is 51.6 Å². The van der Waals surface area contributed by atoms with Gasteiger partial charge in [-0.3, -0.25) is 9.69 Å². The molecule has 1 saturated carbocycles. The van der Waals surface area contributed by atoms with Crippen molar-refractivity contribution >= 4 is 5.91 Å². The Morgan fingerprint density at radius 3 is 2.58 bits per heavy atom. The van der Waals surface area contributed by atoms with Gasteiger partial charge in [-0.25, -0.2) is 0 Å². The third kappa shape index (κ3) is 4.18. The van der Waals surface area contributed by atoms with E-state index in [-0.39, 0.29) is 0 Å². The number of nitrogens with one attached hydrogen (secondary N) is 1. The summed E-state index contributed by atoms with van der Waals surface area (Å²) < 4.78 is 0. The van der Waals surface area contributed by atoms with Gasteiger partial charge in [0.1, 0.15) is 0 Å². The Balaban J connectivity index is 1.78. The van der Waals surface area contributed by atoms with E-state index in [2.05, 4.69) is 24.1 Å². The minimum atomic E-state index is 0.300. The molecule has 1 atom stereocenters. The third-order valence-corrected chi connectivity index (χ3v) is 4.74. The summed E-state index contributed by atoms with van der Waals surface area (Å²) in [6.07, 6.45) is 4.91. The van der Waals surface area contributed by atoms with Crippen molar-refractivity contribution in [1.29, 1.82) is 0 Å². The van der Waals surface area contributed by atoms with Gasteiger partial charge in [-0.05, 0) is 38.5 Å². The van der Waals surface area contributed by atoms with Gasteiger partial charge in [0.15, 0.2) is 0 Å². The van der Waals surface area contributed by atoms with Gasteiger partial charge in [-0.2, -0.15) is 0 Å². The molecule has 2 aliphatic rings. The lowest BCUT2D eigenvalue weighted by molar-refractivity contribution is -0.134. The molecule has 1 aliphatic heterocycles. The highest BCUT2D eigenvalue weighted by Crippen LogP contribution is 2.26. The minimum Gasteiger partial charge on any atom is -0.342 e. The normalized spacial score (nSPS) is 33.1. The summed E-state index contributed by atoms with van der Waals surface area (Å²) in [5.74, 6) is 1.14. The number of carbonyl (C=O) groups is 1. The molecule has 1 amide bonds. The SMILES string of the molecule is CC1CCC(N(C)C(=O)CN2CCNC(C)C2)CC1. The number of likely N-dealkylation sites (N-methyl/N-ethyl adjacent to an activating group) is 1. The second kappa shape index (κ2) is 6.71. The molecule has 110 valence electrons. The molecule has 2 fully saturated rings. The van der Waals surface area contributed by atoms with Crippen LogP contribution in [0.2, 0.25) is 0 Å². The maximum atomic E-state index is 12.4. The number of hydrogen-bond acceptors (Lipinski definition) is 3. The molecule has 0 radical (unpaired) electrons. The van der Waals surface area contributed by atoms with Gasteiger partial charge in [0.2, 0.25) is 5.91 Å². The van der Waals surface area contributed by atoms with Crippen LogP contribution in [0.3, 0.4) is 0 Å². The Labute approximate surface area is 117 Å². The van der Waals surface area contributed by atoms with E-state index in [0.29, 0.717) is 24.5 Å². The monoisotopic (exact) mass is 267 g/mol. The Hall–Kier alpha value is -0.610. The molecule has 1 saturated heterocycles. The van der Waals surface area contributed by atoms with Crippen LogP contribution in [0.25, 0.3) is 0 Å². The van der Waals surface area contributed by atoms with Gasteiger partial charge in [-0.1, -0.05) is 6.92 Å². The Kier molecular flexibility index (Phi) is 5.22. The van der Waals surface area contributed by atoms with Crippen LogP contribution in [-0.4, -0.2) is 61.0 Å². The van der Waals surface area contributed by atoms with Gasteiger partial charge in [-0.15, -0.1) is 0 Å². The Bertz CT molecular complexity index is 300. The first kappa shape index (κ1) is 14.8. The molecule has 0 aromatic heterocycles. The predicted octanol–water partition coefficient (Wildman–Crippen LogP) is 1.32. The molecular formula is C15H29N3O. The number of carbonyl (C=O) groups excluding carboxylic acids is 1. The zero-order chi connectivity index (χ0) is 13.8. The summed E-state index contributed by atoms with van der Waals surface area (Å²) in [6.45, 7) is 8.07. The Morgan fingerprint density at radius 2 is 1.95 bits per heavy atom. The van der Waals surface area contributed by atoms with Crippen LogP contribution in [0.4, 0.5) is 0 Å². The van der Waals surface area contributed by atoms with E-state index in [1.807, 2.05) is 11.9 Å². The second-order valence-electron chi connectivity index (χ2n) is 6.51. The van der Waals surface area contributed by atoms with Crippen LogP contribution in [0.1, 0.15) is 39.5 Å². The first-order chi connectivity index (χ1) is 9.06. The fourth-order valence-corrected chi connectivity index (χ4v) is 3.29. The topological polar surface area (TPSA) is 35.6 Å². The van der Waals surface area contributed by atoms with E-state index in [4.69, 9.17) is 0 Å². The molecule has 2 rings (SSSR count). The van der Waals surface area contributed by atoms with Gasteiger partial charge in [0, 0.05) is 38.8 Å². The summed E-state index contributed by atoms with van der Waals surface area (Å²) in [5, 5.41) is 3.42. The highest BCUT2D eigenvalue weighted by atomic mass is 16.2. The van der Waals surface area contributed by atoms with Crippen molar-refractivity contribution in [3.63, 3.8) is 0 Å². The van der Waals surface area contributed by atoms with Gasteiger partial charge < -0.3 is 10.2 Å². The molecule has 1 unspecified atom stereocenters. The molecule has 4 heteroatoms. The van der Waals surface area contributed by atoms with Crippen molar-refractivity contribution < 1.29 is 4.79 Å². The lowest BCUT2D eigenvalue weighted by Crippen LogP contribution is -2.53. The van der Waals surface area contributed by atoms with Crippen LogP contribution in [0.15, 0.2) is 0 Å². The fraction of sp³-hybridized carbons (Fsp3) is 0.933. The first-order valence-corrected chi connectivity index (χ1v) is 7.77. The van der Waals surface area contributed by atoms with Crippen LogP contribution >= 0.6 is 0 Å². The number of nitrogens with zero attached hydrogens (tertiary/aromatic N) is 2.